The molecule has 0 atom stereocenters. The van der Waals surface area contributed by atoms with Crippen LogP contribution in [0.2, 0.25) is 0 Å². The smallest absolute Gasteiger partial charge is 0.241 e. The molecule has 29 heavy (non-hydrogen) atoms. The standard InChI is InChI=1S/C21H26FN5O2/c1-21(2)20-25-18(14-3-5-15(22)6-4-14)19(24-16-7-11-29-12-8-16)26(20)9-10-27(21)17(28)13-23/h3-6,9-10,16,24H,7-8,11-13,23H2,1-2H3. The summed E-state index contributed by atoms with van der Waals surface area (Å²) in [6, 6.07) is 6.55. The lowest BCUT2D eigenvalue weighted by atomic mass is 10.0. The number of hydrogen-bond donors (Lipinski definition) is 2. The topological polar surface area (TPSA) is 85.4 Å². The van der Waals surface area contributed by atoms with Crippen molar-refractivity contribution in [3.8, 4) is 11.3 Å². The lowest BCUT2D eigenvalue weighted by molar-refractivity contribution is -0.132. The molecule has 2 aliphatic heterocycles. The fourth-order valence-electron chi connectivity index (χ4n) is 3.91. The van der Waals surface area contributed by atoms with E-state index in [-0.39, 0.29) is 24.3 Å². The Morgan fingerprint density at radius 2 is 1.97 bits per heavy atom. The summed E-state index contributed by atoms with van der Waals surface area (Å²) >= 11 is 0. The van der Waals surface area contributed by atoms with E-state index in [1.165, 1.54) is 12.1 Å². The molecule has 154 valence electrons. The van der Waals surface area contributed by atoms with Gasteiger partial charge in [-0.25, -0.2) is 9.37 Å². The van der Waals surface area contributed by atoms with Crippen molar-refractivity contribution in [2.45, 2.75) is 38.3 Å². The van der Waals surface area contributed by atoms with E-state index in [0.717, 1.165) is 35.7 Å². The van der Waals surface area contributed by atoms with Crippen molar-refractivity contribution < 1.29 is 13.9 Å². The average molecular weight is 399 g/mol. The number of fused-ring (bicyclic) bond motifs is 1. The van der Waals surface area contributed by atoms with Crippen molar-refractivity contribution in [3.05, 3.63) is 42.1 Å². The normalized spacial score (nSPS) is 18.6. The zero-order valence-corrected chi connectivity index (χ0v) is 16.7. The minimum atomic E-state index is -0.685. The lowest BCUT2D eigenvalue weighted by Crippen LogP contribution is -2.47. The summed E-state index contributed by atoms with van der Waals surface area (Å²) in [4.78, 5) is 18.9. The SMILES string of the molecule is CC1(C)c2nc(-c3ccc(F)cc3)c(NC3CCOCC3)n2C=CN1C(=O)CN. The number of ether oxygens (including phenoxy) is 1. The van der Waals surface area contributed by atoms with Gasteiger partial charge in [0, 0.05) is 37.2 Å². The Labute approximate surface area is 169 Å². The number of rotatable bonds is 4. The van der Waals surface area contributed by atoms with Gasteiger partial charge in [-0.15, -0.1) is 0 Å². The summed E-state index contributed by atoms with van der Waals surface area (Å²) in [5.74, 6) is 1.08. The van der Waals surface area contributed by atoms with E-state index in [4.69, 9.17) is 15.5 Å². The van der Waals surface area contributed by atoms with E-state index in [0.29, 0.717) is 13.2 Å². The molecule has 0 aliphatic carbocycles. The van der Waals surface area contributed by atoms with Crippen LogP contribution in [0.1, 0.15) is 32.5 Å². The Morgan fingerprint density at radius 1 is 1.28 bits per heavy atom. The predicted molar refractivity (Wildman–Crippen MR) is 109 cm³/mol. The van der Waals surface area contributed by atoms with E-state index in [1.54, 1.807) is 23.2 Å². The number of nitrogens with one attached hydrogen (secondary N) is 1. The van der Waals surface area contributed by atoms with Crippen LogP contribution in [0, 0.1) is 5.82 Å². The summed E-state index contributed by atoms with van der Waals surface area (Å²) in [5.41, 5.74) is 6.45. The summed E-state index contributed by atoms with van der Waals surface area (Å²) in [7, 11) is 0. The molecular weight excluding hydrogens is 373 g/mol. The van der Waals surface area contributed by atoms with Crippen LogP contribution in [0.4, 0.5) is 10.2 Å². The second kappa shape index (κ2) is 7.61. The number of nitrogens with two attached hydrogens (primary N) is 1. The van der Waals surface area contributed by atoms with Crippen LogP contribution in [-0.4, -0.2) is 46.2 Å². The molecule has 0 radical (unpaired) electrons. The molecule has 2 aromatic rings. The van der Waals surface area contributed by atoms with Gasteiger partial charge in [0.05, 0.1) is 6.54 Å². The molecule has 4 rings (SSSR count). The molecule has 8 heteroatoms. The van der Waals surface area contributed by atoms with Crippen LogP contribution < -0.4 is 11.1 Å². The monoisotopic (exact) mass is 399 g/mol. The quantitative estimate of drug-likeness (QED) is 0.826. The number of aromatic nitrogens is 2. The van der Waals surface area contributed by atoms with Crippen molar-refractivity contribution in [3.63, 3.8) is 0 Å². The van der Waals surface area contributed by atoms with Crippen molar-refractivity contribution in [2.24, 2.45) is 5.73 Å². The van der Waals surface area contributed by atoms with E-state index in [2.05, 4.69) is 5.32 Å². The molecule has 1 aromatic heterocycles. The maximum absolute atomic E-state index is 13.5. The van der Waals surface area contributed by atoms with Crippen LogP contribution >= 0.6 is 0 Å². The second-order valence-electron chi connectivity index (χ2n) is 7.87. The van der Waals surface area contributed by atoms with Gasteiger partial charge in [0.1, 0.15) is 28.7 Å². The van der Waals surface area contributed by atoms with Crippen LogP contribution in [-0.2, 0) is 15.1 Å². The number of benzene rings is 1. The third-order valence-corrected chi connectivity index (χ3v) is 5.55. The molecule has 3 N–H and O–H groups in total. The molecule has 0 bridgehead atoms. The molecule has 2 aliphatic rings. The number of imidazole rings is 1. The van der Waals surface area contributed by atoms with Gasteiger partial charge >= 0.3 is 0 Å². The third kappa shape index (κ3) is 3.54. The number of nitrogens with zero attached hydrogens (tertiary/aromatic N) is 3. The number of halogens is 1. The fourth-order valence-corrected chi connectivity index (χ4v) is 3.91. The highest BCUT2D eigenvalue weighted by Gasteiger charge is 2.39. The molecular formula is C21H26FN5O2. The average Bonchev–Trinajstić information content (AvgIpc) is 3.08. The van der Waals surface area contributed by atoms with E-state index in [1.807, 2.05) is 24.6 Å². The lowest BCUT2D eigenvalue weighted by Gasteiger charge is -2.38. The van der Waals surface area contributed by atoms with Crippen molar-refractivity contribution in [1.82, 2.24) is 14.5 Å². The molecule has 1 fully saturated rings. The van der Waals surface area contributed by atoms with Gasteiger partial charge in [-0.1, -0.05) is 0 Å². The van der Waals surface area contributed by atoms with Crippen molar-refractivity contribution in [1.29, 1.82) is 0 Å². The maximum atomic E-state index is 13.5. The maximum Gasteiger partial charge on any atom is 0.241 e. The summed E-state index contributed by atoms with van der Waals surface area (Å²) in [6.07, 6.45) is 5.37. The van der Waals surface area contributed by atoms with Crippen molar-refractivity contribution in [2.75, 3.05) is 25.1 Å². The number of amides is 1. The summed E-state index contributed by atoms with van der Waals surface area (Å²) in [5, 5.41) is 3.61. The molecule has 0 saturated carbocycles. The highest BCUT2D eigenvalue weighted by molar-refractivity contribution is 5.82. The Morgan fingerprint density at radius 3 is 2.62 bits per heavy atom. The molecule has 1 amide bonds. The van der Waals surface area contributed by atoms with Gasteiger partial charge in [0.2, 0.25) is 5.91 Å². The number of carbonyl (C=O) groups is 1. The van der Waals surface area contributed by atoms with Gasteiger partial charge in [-0.2, -0.15) is 0 Å². The third-order valence-electron chi connectivity index (χ3n) is 5.55. The van der Waals surface area contributed by atoms with Gasteiger partial charge in [-0.05, 0) is 51.0 Å². The minimum Gasteiger partial charge on any atom is -0.381 e. The first kappa shape index (κ1) is 19.6. The molecule has 7 nitrogen and oxygen atoms in total. The summed E-state index contributed by atoms with van der Waals surface area (Å²) < 4.78 is 20.9. The Bertz CT molecular complexity index is 929. The molecule has 0 unspecified atom stereocenters. The van der Waals surface area contributed by atoms with Crippen molar-refractivity contribution >= 4 is 17.9 Å². The van der Waals surface area contributed by atoms with E-state index < -0.39 is 5.54 Å². The first-order valence-corrected chi connectivity index (χ1v) is 9.85. The Kier molecular flexibility index (Phi) is 5.14. The highest BCUT2D eigenvalue weighted by Crippen LogP contribution is 2.39. The van der Waals surface area contributed by atoms with Crippen LogP contribution in [0.3, 0.4) is 0 Å². The largest absolute Gasteiger partial charge is 0.381 e. The molecule has 3 heterocycles. The molecule has 1 saturated heterocycles. The Balaban J connectivity index is 1.81. The molecule has 0 spiro atoms. The van der Waals surface area contributed by atoms with Crippen LogP contribution in [0.5, 0.6) is 0 Å². The summed E-state index contributed by atoms with van der Waals surface area (Å²) in [6.45, 7) is 5.23. The highest BCUT2D eigenvalue weighted by atomic mass is 19.1. The fraction of sp³-hybridized carbons (Fsp3) is 0.429. The first-order chi connectivity index (χ1) is 13.9. The van der Waals surface area contributed by atoms with E-state index in [9.17, 15) is 9.18 Å². The second-order valence-corrected chi connectivity index (χ2v) is 7.87. The number of carbonyl (C=O) groups excluding carboxylic acids is 1. The van der Waals surface area contributed by atoms with E-state index >= 15 is 0 Å². The van der Waals surface area contributed by atoms with Gasteiger partial charge < -0.3 is 20.7 Å². The van der Waals surface area contributed by atoms with Gasteiger partial charge in [0.25, 0.3) is 0 Å². The first-order valence-electron chi connectivity index (χ1n) is 9.85. The number of anilines is 1. The van der Waals surface area contributed by atoms with Gasteiger partial charge in [0.15, 0.2) is 0 Å². The van der Waals surface area contributed by atoms with Crippen LogP contribution in [0.25, 0.3) is 17.5 Å². The van der Waals surface area contributed by atoms with Gasteiger partial charge in [-0.3, -0.25) is 9.36 Å². The zero-order valence-electron chi connectivity index (χ0n) is 16.7. The molecule has 1 aromatic carbocycles. The van der Waals surface area contributed by atoms with Crippen LogP contribution in [0.15, 0.2) is 30.5 Å². The Hall–Kier alpha value is -2.71. The minimum absolute atomic E-state index is 0.0769. The predicted octanol–water partition coefficient (Wildman–Crippen LogP) is 2.74. The number of hydrogen-bond acceptors (Lipinski definition) is 5. The zero-order chi connectivity index (χ0) is 20.6.